The molecular weight excluding hydrogens is 385 g/mol. The maximum Gasteiger partial charge on any atom is 0.573 e. The van der Waals surface area contributed by atoms with Gasteiger partial charge >= 0.3 is 6.36 Å². The Morgan fingerprint density at radius 1 is 0.966 bits per heavy atom. The van der Waals surface area contributed by atoms with Crippen LogP contribution in [0, 0.1) is 0 Å². The zero-order chi connectivity index (χ0) is 21.0. The van der Waals surface area contributed by atoms with Crippen LogP contribution in [0.2, 0.25) is 0 Å². The number of H-pyrrole nitrogens is 1. The van der Waals surface area contributed by atoms with Crippen molar-refractivity contribution < 1.29 is 27.4 Å². The van der Waals surface area contributed by atoms with Crippen LogP contribution in [0.25, 0.3) is 22.2 Å². The molecule has 2 aromatic carbocycles. The van der Waals surface area contributed by atoms with E-state index in [2.05, 4.69) is 9.72 Å². The second kappa shape index (κ2) is 8.65. The second-order valence-electron chi connectivity index (χ2n) is 6.55. The number of unbranched alkanes of at least 4 members (excludes halogenated alkanes) is 1. The Hall–Kier alpha value is -2.87. The van der Waals surface area contributed by atoms with E-state index in [1.807, 2.05) is 6.07 Å². The van der Waals surface area contributed by atoms with E-state index in [0.717, 1.165) is 29.7 Å². The van der Waals surface area contributed by atoms with Crippen molar-refractivity contribution in [2.45, 2.75) is 25.6 Å². The highest BCUT2D eigenvalue weighted by molar-refractivity contribution is 5.93. The first-order chi connectivity index (χ1) is 13.9. The van der Waals surface area contributed by atoms with Crippen molar-refractivity contribution in [1.82, 2.24) is 4.98 Å². The molecule has 156 valence electrons. The molecule has 3 rings (SSSR count). The van der Waals surface area contributed by atoms with Gasteiger partial charge < -0.3 is 24.9 Å². The Morgan fingerprint density at radius 2 is 1.72 bits per heavy atom. The summed E-state index contributed by atoms with van der Waals surface area (Å²) in [6.45, 7) is 0.544. The summed E-state index contributed by atoms with van der Waals surface area (Å²) >= 11 is 0. The molecule has 0 bridgehead atoms. The standard InChI is InChI=1S/C21H23F3N2O3/c1-27-13-7-9-19(28-2)17(11-13)20-15(5-3-4-10-25)16-12-14(29-21(22,23)24)6-8-18(16)26-20/h6-9,11-12,26H,3-5,10,25H2,1-2H3. The first-order valence-electron chi connectivity index (χ1n) is 9.19. The number of aryl methyl sites for hydroxylation is 1. The van der Waals surface area contributed by atoms with Gasteiger partial charge in [0.1, 0.15) is 17.2 Å². The summed E-state index contributed by atoms with van der Waals surface area (Å²) < 4.78 is 52.9. The minimum atomic E-state index is -4.75. The molecule has 0 aliphatic rings. The predicted octanol–water partition coefficient (Wildman–Crippen LogP) is 5.03. The highest BCUT2D eigenvalue weighted by Crippen LogP contribution is 2.40. The molecule has 0 spiro atoms. The van der Waals surface area contributed by atoms with Gasteiger partial charge in [0.05, 0.1) is 19.9 Å². The number of aromatic nitrogens is 1. The third-order valence-electron chi connectivity index (χ3n) is 4.67. The quantitative estimate of drug-likeness (QED) is 0.513. The number of ether oxygens (including phenoxy) is 3. The number of methoxy groups -OCH3 is 2. The summed E-state index contributed by atoms with van der Waals surface area (Å²) in [7, 11) is 3.14. The smallest absolute Gasteiger partial charge is 0.497 e. The minimum absolute atomic E-state index is 0.256. The first kappa shape index (κ1) is 20.9. The third kappa shape index (κ3) is 4.76. The molecule has 29 heavy (non-hydrogen) atoms. The SMILES string of the molecule is COc1ccc(OC)c(-c2[nH]c3ccc(OC(F)(F)F)cc3c2CCCCN)c1. The van der Waals surface area contributed by atoms with Gasteiger partial charge in [-0.2, -0.15) is 0 Å². The normalized spacial score (nSPS) is 11.7. The molecule has 0 saturated carbocycles. The van der Waals surface area contributed by atoms with E-state index in [1.165, 1.54) is 12.1 Å². The number of hydrogen-bond acceptors (Lipinski definition) is 4. The third-order valence-corrected chi connectivity index (χ3v) is 4.67. The van der Waals surface area contributed by atoms with E-state index in [0.29, 0.717) is 35.4 Å². The fourth-order valence-corrected chi connectivity index (χ4v) is 3.37. The van der Waals surface area contributed by atoms with Gasteiger partial charge in [-0.15, -0.1) is 13.2 Å². The Morgan fingerprint density at radius 3 is 2.38 bits per heavy atom. The molecule has 1 aromatic heterocycles. The number of benzene rings is 2. The van der Waals surface area contributed by atoms with Gasteiger partial charge in [0.2, 0.25) is 0 Å². The van der Waals surface area contributed by atoms with E-state index in [4.69, 9.17) is 15.2 Å². The van der Waals surface area contributed by atoms with Crippen LogP contribution in [0.3, 0.4) is 0 Å². The van der Waals surface area contributed by atoms with Gasteiger partial charge in [0.15, 0.2) is 0 Å². The summed E-state index contributed by atoms with van der Waals surface area (Å²) in [5, 5.41) is 0.670. The van der Waals surface area contributed by atoms with Crippen molar-refractivity contribution >= 4 is 10.9 Å². The lowest BCUT2D eigenvalue weighted by atomic mass is 9.99. The van der Waals surface area contributed by atoms with Crippen LogP contribution < -0.4 is 19.9 Å². The van der Waals surface area contributed by atoms with E-state index in [9.17, 15) is 13.2 Å². The number of halogens is 3. The van der Waals surface area contributed by atoms with Crippen molar-refractivity contribution in [2.75, 3.05) is 20.8 Å². The Bertz CT molecular complexity index is 983. The minimum Gasteiger partial charge on any atom is -0.497 e. The van der Waals surface area contributed by atoms with Gasteiger partial charge in [-0.05, 0) is 67.8 Å². The molecule has 5 nitrogen and oxygen atoms in total. The monoisotopic (exact) mass is 408 g/mol. The van der Waals surface area contributed by atoms with Crippen LogP contribution >= 0.6 is 0 Å². The van der Waals surface area contributed by atoms with Crippen LogP contribution in [-0.2, 0) is 6.42 Å². The number of hydrogen-bond donors (Lipinski definition) is 2. The van der Waals surface area contributed by atoms with Gasteiger partial charge in [0.25, 0.3) is 0 Å². The second-order valence-corrected chi connectivity index (χ2v) is 6.55. The van der Waals surface area contributed by atoms with Crippen LogP contribution in [0.1, 0.15) is 18.4 Å². The highest BCUT2D eigenvalue weighted by atomic mass is 19.4. The Balaban J connectivity index is 2.16. The van der Waals surface area contributed by atoms with Crippen LogP contribution in [0.5, 0.6) is 17.2 Å². The summed E-state index contributed by atoms with van der Waals surface area (Å²) in [5.74, 6) is 1.02. The van der Waals surface area contributed by atoms with Crippen LogP contribution in [0.4, 0.5) is 13.2 Å². The van der Waals surface area contributed by atoms with Gasteiger partial charge in [-0.25, -0.2) is 0 Å². The molecule has 0 saturated heterocycles. The molecule has 0 aliphatic heterocycles. The fraction of sp³-hybridized carbons (Fsp3) is 0.333. The van der Waals surface area contributed by atoms with E-state index >= 15 is 0 Å². The lowest BCUT2D eigenvalue weighted by Gasteiger charge is -2.12. The lowest BCUT2D eigenvalue weighted by molar-refractivity contribution is -0.274. The first-order valence-corrected chi connectivity index (χ1v) is 9.19. The summed E-state index contributed by atoms with van der Waals surface area (Å²) in [4.78, 5) is 3.32. The molecule has 0 aliphatic carbocycles. The average Bonchev–Trinajstić information content (AvgIpc) is 3.04. The van der Waals surface area contributed by atoms with E-state index < -0.39 is 6.36 Å². The van der Waals surface area contributed by atoms with Crippen molar-refractivity contribution in [3.8, 4) is 28.5 Å². The maximum absolute atomic E-state index is 12.7. The van der Waals surface area contributed by atoms with Crippen molar-refractivity contribution in [2.24, 2.45) is 5.73 Å². The maximum atomic E-state index is 12.7. The molecule has 1 heterocycles. The average molecular weight is 408 g/mol. The molecular formula is C21H23F3N2O3. The predicted molar refractivity (Wildman–Crippen MR) is 106 cm³/mol. The van der Waals surface area contributed by atoms with Crippen molar-refractivity contribution in [3.63, 3.8) is 0 Å². The summed E-state index contributed by atoms with van der Waals surface area (Å²) in [6, 6.07) is 9.70. The fourth-order valence-electron chi connectivity index (χ4n) is 3.37. The largest absolute Gasteiger partial charge is 0.573 e. The molecule has 3 aromatic rings. The Kier molecular flexibility index (Phi) is 6.22. The molecule has 0 fully saturated rings. The van der Waals surface area contributed by atoms with Crippen molar-refractivity contribution in [1.29, 1.82) is 0 Å². The van der Waals surface area contributed by atoms with Gasteiger partial charge in [-0.1, -0.05) is 0 Å². The molecule has 8 heteroatoms. The zero-order valence-corrected chi connectivity index (χ0v) is 16.2. The summed E-state index contributed by atoms with van der Waals surface area (Å²) in [5.41, 5.74) is 8.75. The topological polar surface area (TPSA) is 69.5 Å². The van der Waals surface area contributed by atoms with Crippen LogP contribution in [-0.4, -0.2) is 32.1 Å². The number of alkyl halides is 3. The van der Waals surface area contributed by atoms with E-state index in [-0.39, 0.29) is 5.75 Å². The molecule has 0 atom stereocenters. The summed E-state index contributed by atoms with van der Waals surface area (Å²) in [6.07, 6.45) is -2.50. The molecule has 0 radical (unpaired) electrons. The number of fused-ring (bicyclic) bond motifs is 1. The number of rotatable bonds is 8. The number of nitrogens with one attached hydrogen (secondary N) is 1. The highest BCUT2D eigenvalue weighted by Gasteiger charge is 2.31. The number of nitrogens with two attached hydrogens (primary N) is 1. The Labute approximate surface area is 166 Å². The molecule has 0 amide bonds. The van der Waals surface area contributed by atoms with Gasteiger partial charge in [-0.3, -0.25) is 0 Å². The van der Waals surface area contributed by atoms with Crippen molar-refractivity contribution in [3.05, 3.63) is 42.0 Å². The molecule has 3 N–H and O–H groups in total. The van der Waals surface area contributed by atoms with Crippen LogP contribution in [0.15, 0.2) is 36.4 Å². The zero-order valence-electron chi connectivity index (χ0n) is 16.2. The van der Waals surface area contributed by atoms with Gasteiger partial charge in [0, 0.05) is 16.5 Å². The van der Waals surface area contributed by atoms with E-state index in [1.54, 1.807) is 32.4 Å². The number of aromatic amines is 1. The molecule has 0 unspecified atom stereocenters. The lowest BCUT2D eigenvalue weighted by Crippen LogP contribution is -2.16.